The van der Waals surface area contributed by atoms with Crippen LogP contribution in [0.3, 0.4) is 0 Å². The van der Waals surface area contributed by atoms with Crippen LogP contribution in [0.5, 0.6) is 0 Å². The molecule has 0 rings (SSSR count). The molecule has 0 saturated carbocycles. The molecule has 0 aromatic rings. The Hall–Kier alpha value is -1.59. The molecule has 1 unspecified atom stereocenters. The lowest BCUT2D eigenvalue weighted by Crippen LogP contribution is -2.30. The van der Waals surface area contributed by atoms with Crippen molar-refractivity contribution in [2.75, 3.05) is 13.2 Å². The first-order valence-corrected chi connectivity index (χ1v) is 31.1. The van der Waals surface area contributed by atoms with E-state index >= 15 is 0 Å². The summed E-state index contributed by atoms with van der Waals surface area (Å²) >= 11 is 0. The molecule has 0 amide bonds. The molecule has 2 atom stereocenters. The van der Waals surface area contributed by atoms with Gasteiger partial charge >= 0.3 is 17.9 Å². The van der Waals surface area contributed by atoms with Crippen molar-refractivity contribution in [1.29, 1.82) is 0 Å². The number of carbonyl (C=O) groups is 3. The molecule has 0 aliphatic heterocycles. The van der Waals surface area contributed by atoms with Crippen LogP contribution in [0, 0.1) is 17.8 Å². The quantitative estimate of drug-likeness (QED) is 0.0343. The Labute approximate surface area is 431 Å². The van der Waals surface area contributed by atoms with E-state index in [-0.39, 0.29) is 31.1 Å². The van der Waals surface area contributed by atoms with Crippen LogP contribution in [0.1, 0.15) is 350 Å². The Morgan fingerprint density at radius 1 is 0.290 bits per heavy atom. The topological polar surface area (TPSA) is 78.9 Å². The molecule has 410 valence electrons. The maximum atomic E-state index is 12.9. The second-order valence-corrected chi connectivity index (χ2v) is 22.9. The smallest absolute Gasteiger partial charge is 0.306 e. The average molecular weight is 976 g/mol. The van der Waals surface area contributed by atoms with Crippen molar-refractivity contribution in [2.45, 2.75) is 356 Å². The largest absolute Gasteiger partial charge is 0.462 e. The van der Waals surface area contributed by atoms with Gasteiger partial charge in [0.15, 0.2) is 6.10 Å². The molecule has 6 heteroatoms. The molecule has 0 N–H and O–H groups in total. The van der Waals surface area contributed by atoms with E-state index in [1.807, 2.05) is 0 Å². The molecular weight excluding hydrogens is 853 g/mol. The van der Waals surface area contributed by atoms with Gasteiger partial charge in [-0.1, -0.05) is 311 Å². The highest BCUT2D eigenvalue weighted by Gasteiger charge is 2.19. The van der Waals surface area contributed by atoms with Crippen LogP contribution in [0.15, 0.2) is 0 Å². The molecule has 0 bridgehead atoms. The SMILES string of the molecule is CCC(C)CCCCCCCCCCCCCCCCCCCCC(=O)OC[C@@H](COC(=O)CCCCCCCCCCCC(C)C)OC(=O)CCCCCCCCCCCCCCCCC(C)C. The van der Waals surface area contributed by atoms with Crippen molar-refractivity contribution in [3.05, 3.63) is 0 Å². The fourth-order valence-electron chi connectivity index (χ4n) is 9.67. The number of hydrogen-bond donors (Lipinski definition) is 0. The van der Waals surface area contributed by atoms with Crippen molar-refractivity contribution in [2.24, 2.45) is 17.8 Å². The van der Waals surface area contributed by atoms with Crippen LogP contribution >= 0.6 is 0 Å². The van der Waals surface area contributed by atoms with Crippen LogP contribution in [0.25, 0.3) is 0 Å². The summed E-state index contributed by atoms with van der Waals surface area (Å²) in [7, 11) is 0. The number of ether oxygens (including phenoxy) is 3. The van der Waals surface area contributed by atoms with Crippen LogP contribution < -0.4 is 0 Å². The molecule has 0 aromatic heterocycles. The van der Waals surface area contributed by atoms with Crippen molar-refractivity contribution in [3.63, 3.8) is 0 Å². The summed E-state index contributed by atoms with van der Waals surface area (Å²) in [5.74, 6) is 1.72. The molecule has 0 fully saturated rings. The van der Waals surface area contributed by atoms with E-state index in [9.17, 15) is 14.4 Å². The average Bonchev–Trinajstić information content (AvgIpc) is 3.32. The summed E-state index contributed by atoms with van der Waals surface area (Å²) in [5.41, 5.74) is 0. The van der Waals surface area contributed by atoms with Gasteiger partial charge in [0.1, 0.15) is 13.2 Å². The lowest BCUT2D eigenvalue weighted by Gasteiger charge is -2.18. The van der Waals surface area contributed by atoms with E-state index in [0.29, 0.717) is 19.3 Å². The maximum absolute atomic E-state index is 12.9. The summed E-state index contributed by atoms with van der Waals surface area (Å²) in [6, 6.07) is 0. The van der Waals surface area contributed by atoms with Crippen molar-refractivity contribution >= 4 is 17.9 Å². The first-order chi connectivity index (χ1) is 33.6. The van der Waals surface area contributed by atoms with Gasteiger partial charge in [-0.15, -0.1) is 0 Å². The standard InChI is InChI=1S/C63H122O6/c1-7-59(6)51-45-39-33-27-21-17-12-10-8-9-11-13-18-22-28-34-40-46-52-61(64)67-55-60(56-68-62(65)53-47-41-35-30-24-26-32-38-44-50-58(4)5)69-63(66)54-48-42-36-29-23-19-15-14-16-20-25-31-37-43-49-57(2)3/h57-60H,7-56H2,1-6H3/t59?,60-/m0/s1. The van der Waals surface area contributed by atoms with E-state index in [1.165, 1.54) is 231 Å². The predicted octanol–water partition coefficient (Wildman–Crippen LogP) is 20.7. The fraction of sp³-hybridized carbons (Fsp3) is 0.952. The Kier molecular flexibility index (Phi) is 52.9. The van der Waals surface area contributed by atoms with Crippen LogP contribution in [-0.2, 0) is 28.6 Å². The summed E-state index contributed by atoms with van der Waals surface area (Å²) in [6.45, 7) is 13.8. The van der Waals surface area contributed by atoms with Crippen LogP contribution in [-0.4, -0.2) is 37.2 Å². The minimum atomic E-state index is -0.764. The van der Waals surface area contributed by atoms with Gasteiger partial charge in [-0.05, 0) is 37.0 Å². The molecule has 6 nitrogen and oxygen atoms in total. The Morgan fingerprint density at radius 2 is 0.507 bits per heavy atom. The van der Waals surface area contributed by atoms with Gasteiger partial charge < -0.3 is 14.2 Å². The third-order valence-electron chi connectivity index (χ3n) is 14.8. The third kappa shape index (κ3) is 55.6. The third-order valence-corrected chi connectivity index (χ3v) is 14.8. The molecule has 0 radical (unpaired) electrons. The summed E-state index contributed by atoms with van der Waals surface area (Å²) < 4.78 is 16.9. The molecule has 0 aliphatic rings. The summed E-state index contributed by atoms with van der Waals surface area (Å²) in [5, 5.41) is 0. The van der Waals surface area contributed by atoms with E-state index in [4.69, 9.17) is 14.2 Å². The zero-order valence-corrected chi connectivity index (χ0v) is 47.6. The highest BCUT2D eigenvalue weighted by atomic mass is 16.6. The van der Waals surface area contributed by atoms with Crippen LogP contribution in [0.4, 0.5) is 0 Å². The van der Waals surface area contributed by atoms with E-state index in [2.05, 4.69) is 41.5 Å². The van der Waals surface area contributed by atoms with E-state index in [0.717, 1.165) is 75.5 Å². The molecule has 0 saturated heterocycles. The van der Waals surface area contributed by atoms with Gasteiger partial charge in [-0.3, -0.25) is 14.4 Å². The highest BCUT2D eigenvalue weighted by molar-refractivity contribution is 5.71. The number of rotatable bonds is 56. The minimum absolute atomic E-state index is 0.0631. The molecular formula is C63H122O6. The molecule has 0 spiro atoms. The second kappa shape index (κ2) is 54.2. The van der Waals surface area contributed by atoms with Gasteiger partial charge in [0.25, 0.3) is 0 Å². The number of carbonyl (C=O) groups excluding carboxylic acids is 3. The molecule has 0 aromatic carbocycles. The Bertz CT molecular complexity index is 1070. The van der Waals surface area contributed by atoms with E-state index < -0.39 is 6.10 Å². The first kappa shape index (κ1) is 67.4. The Morgan fingerprint density at radius 3 is 0.754 bits per heavy atom. The van der Waals surface area contributed by atoms with Gasteiger partial charge in [0.2, 0.25) is 0 Å². The van der Waals surface area contributed by atoms with Crippen molar-refractivity contribution in [1.82, 2.24) is 0 Å². The number of esters is 3. The second-order valence-electron chi connectivity index (χ2n) is 22.9. The normalized spacial score (nSPS) is 12.5. The maximum Gasteiger partial charge on any atom is 0.306 e. The zero-order valence-electron chi connectivity index (χ0n) is 47.6. The predicted molar refractivity (Wildman–Crippen MR) is 298 cm³/mol. The zero-order chi connectivity index (χ0) is 50.5. The lowest BCUT2D eigenvalue weighted by atomic mass is 9.99. The fourth-order valence-corrected chi connectivity index (χ4v) is 9.67. The summed E-state index contributed by atoms with van der Waals surface area (Å²) in [6.07, 6.45) is 58.2. The summed E-state index contributed by atoms with van der Waals surface area (Å²) in [4.78, 5) is 38.2. The minimum Gasteiger partial charge on any atom is -0.462 e. The molecule has 69 heavy (non-hydrogen) atoms. The Balaban J connectivity index is 4.23. The number of unbranched alkanes of at least 4 members (excludes halogenated alkanes) is 38. The molecule has 0 heterocycles. The van der Waals surface area contributed by atoms with Gasteiger partial charge in [0, 0.05) is 19.3 Å². The van der Waals surface area contributed by atoms with Gasteiger partial charge in [-0.2, -0.15) is 0 Å². The van der Waals surface area contributed by atoms with E-state index in [1.54, 1.807) is 0 Å². The van der Waals surface area contributed by atoms with Gasteiger partial charge in [-0.25, -0.2) is 0 Å². The number of hydrogen-bond acceptors (Lipinski definition) is 6. The van der Waals surface area contributed by atoms with Crippen molar-refractivity contribution < 1.29 is 28.6 Å². The monoisotopic (exact) mass is 975 g/mol. The van der Waals surface area contributed by atoms with Crippen LogP contribution in [0.2, 0.25) is 0 Å². The van der Waals surface area contributed by atoms with Crippen molar-refractivity contribution in [3.8, 4) is 0 Å². The lowest BCUT2D eigenvalue weighted by molar-refractivity contribution is -0.167. The molecule has 0 aliphatic carbocycles. The highest BCUT2D eigenvalue weighted by Crippen LogP contribution is 2.19. The van der Waals surface area contributed by atoms with Gasteiger partial charge in [0.05, 0.1) is 0 Å². The first-order valence-electron chi connectivity index (χ1n) is 31.1.